The van der Waals surface area contributed by atoms with Gasteiger partial charge in [0.25, 0.3) is 0 Å². The normalized spacial score (nSPS) is 12.8. The van der Waals surface area contributed by atoms with Crippen LogP contribution in [0.3, 0.4) is 0 Å². The van der Waals surface area contributed by atoms with E-state index in [1.54, 1.807) is 0 Å². The summed E-state index contributed by atoms with van der Waals surface area (Å²) in [6.45, 7) is 8.77. The molecule has 0 aliphatic carbocycles. The molecule has 0 aromatic carbocycles. The van der Waals surface area contributed by atoms with Crippen LogP contribution in [-0.2, 0) is 0 Å². The zero-order valence-electron chi connectivity index (χ0n) is 14.3. The molecule has 1 atom stereocenters. The third kappa shape index (κ3) is 10.1. The van der Waals surface area contributed by atoms with Crippen LogP contribution in [0.4, 0.5) is 0 Å². The van der Waals surface area contributed by atoms with E-state index in [0.717, 1.165) is 12.8 Å². The predicted octanol–water partition coefficient (Wildman–Crippen LogP) is 5.54. The Morgan fingerprint density at radius 1 is 0.900 bits per heavy atom. The first-order valence-corrected chi connectivity index (χ1v) is 16.3. The minimum atomic E-state index is -2.20. The first kappa shape index (κ1) is 20.3. The Morgan fingerprint density at radius 2 is 1.35 bits per heavy atom. The van der Waals surface area contributed by atoms with Gasteiger partial charge < -0.3 is 0 Å². The molecule has 0 aromatic heterocycles. The van der Waals surface area contributed by atoms with Crippen molar-refractivity contribution in [3.05, 3.63) is 0 Å². The van der Waals surface area contributed by atoms with Crippen LogP contribution < -0.4 is 0 Å². The molecule has 1 nitrogen and oxygen atoms in total. The van der Waals surface area contributed by atoms with E-state index in [-0.39, 0.29) is 6.10 Å². The van der Waals surface area contributed by atoms with Crippen LogP contribution in [0.2, 0.25) is 13.3 Å². The Labute approximate surface area is 131 Å². The van der Waals surface area contributed by atoms with Crippen molar-refractivity contribution in [2.45, 2.75) is 98.5 Å². The quantitative estimate of drug-likeness (QED) is 0.365. The van der Waals surface area contributed by atoms with Gasteiger partial charge in [0.05, 0.1) is 0 Å². The summed E-state index contributed by atoms with van der Waals surface area (Å²) in [6.07, 6.45) is 9.61. The summed E-state index contributed by atoms with van der Waals surface area (Å²) in [5.41, 5.74) is 0. The van der Waals surface area contributed by atoms with Gasteiger partial charge in [0, 0.05) is 0 Å². The molecule has 20 heavy (non-hydrogen) atoms. The van der Waals surface area contributed by atoms with Gasteiger partial charge in [-0.3, -0.25) is 0 Å². The van der Waals surface area contributed by atoms with Crippen LogP contribution in [0.15, 0.2) is 0 Å². The summed E-state index contributed by atoms with van der Waals surface area (Å²) in [6, 6.07) is 0. The van der Waals surface area contributed by atoms with E-state index in [9.17, 15) is 5.11 Å². The molecule has 0 rings (SSSR count). The van der Waals surface area contributed by atoms with Crippen LogP contribution in [-0.4, -0.2) is 29.6 Å². The van der Waals surface area contributed by atoms with E-state index >= 15 is 0 Å². The zero-order chi connectivity index (χ0) is 15.3. The zero-order valence-corrected chi connectivity index (χ0v) is 17.2. The number of hydrogen-bond donors (Lipinski definition) is 1. The molecule has 0 spiro atoms. The Hall–Kier alpha value is 0.319. The van der Waals surface area contributed by atoms with Crippen LogP contribution in [0, 0.1) is 9.86 Å². The fraction of sp³-hybridized carbons (Fsp3) is 0.889. The standard InChI is InChI=1S/C6H9O.3C4H9.Sn/c1-3-4-5-6(2)7;3*1-3-4-2;/h6-7H,4-5H2,2H3;3*1,3-4H2,2H3;. The van der Waals surface area contributed by atoms with Crippen molar-refractivity contribution >= 4 is 18.4 Å². The van der Waals surface area contributed by atoms with Crippen LogP contribution in [0.5, 0.6) is 0 Å². The molecule has 0 saturated carbocycles. The average molecular weight is 387 g/mol. The molecule has 1 N–H and O–H groups in total. The van der Waals surface area contributed by atoms with E-state index in [2.05, 4.69) is 30.6 Å². The first-order chi connectivity index (χ1) is 9.60. The monoisotopic (exact) mass is 388 g/mol. The van der Waals surface area contributed by atoms with Crippen LogP contribution in [0.25, 0.3) is 0 Å². The number of hydrogen-bond acceptors (Lipinski definition) is 1. The Morgan fingerprint density at radius 3 is 1.70 bits per heavy atom. The molecule has 0 bridgehead atoms. The molecule has 0 aliphatic rings. The van der Waals surface area contributed by atoms with E-state index in [0.29, 0.717) is 0 Å². The second-order valence-corrected chi connectivity index (χ2v) is 18.6. The van der Waals surface area contributed by atoms with E-state index < -0.39 is 18.4 Å². The Balaban J connectivity index is 4.73. The maximum absolute atomic E-state index is 9.36. The third-order valence-electron chi connectivity index (χ3n) is 4.07. The average Bonchev–Trinajstić information content (AvgIpc) is 2.44. The molecule has 0 heterocycles. The summed E-state index contributed by atoms with van der Waals surface area (Å²) in [5.74, 6) is 3.47. The molecule has 2 heteroatoms. The molecule has 0 saturated heterocycles. The number of rotatable bonds is 11. The Bertz CT molecular complexity index is 253. The molecule has 0 radical (unpaired) electrons. The summed E-state index contributed by atoms with van der Waals surface area (Å²) < 4.78 is 8.24. The molecule has 0 fully saturated rings. The fourth-order valence-electron chi connectivity index (χ4n) is 2.64. The molecule has 118 valence electrons. The Kier molecular flexibility index (Phi) is 13.2. The van der Waals surface area contributed by atoms with Gasteiger partial charge in [0.15, 0.2) is 0 Å². The van der Waals surface area contributed by atoms with E-state index in [1.165, 1.54) is 51.8 Å². The molecular formula is C18H36OSn. The summed E-state index contributed by atoms with van der Waals surface area (Å²) >= 11 is -2.20. The van der Waals surface area contributed by atoms with Crippen molar-refractivity contribution in [1.82, 2.24) is 0 Å². The molecule has 1 unspecified atom stereocenters. The summed E-state index contributed by atoms with van der Waals surface area (Å²) in [5, 5.41) is 9.36. The molecule has 0 aromatic rings. The second kappa shape index (κ2) is 13.0. The fourth-order valence-corrected chi connectivity index (χ4v) is 16.1. The topological polar surface area (TPSA) is 20.2 Å². The molecule has 0 aliphatic heterocycles. The number of unbranched alkanes of at least 4 members (excludes halogenated alkanes) is 3. The third-order valence-corrected chi connectivity index (χ3v) is 17.3. The molecule has 0 amide bonds. The van der Waals surface area contributed by atoms with E-state index in [1.807, 2.05) is 6.92 Å². The first-order valence-electron chi connectivity index (χ1n) is 8.78. The summed E-state index contributed by atoms with van der Waals surface area (Å²) in [7, 11) is 0. The van der Waals surface area contributed by atoms with Gasteiger partial charge >= 0.3 is 132 Å². The van der Waals surface area contributed by atoms with Crippen molar-refractivity contribution in [3.63, 3.8) is 0 Å². The predicted molar refractivity (Wildman–Crippen MR) is 93.6 cm³/mol. The number of aliphatic hydroxyl groups excluding tert-OH is 1. The van der Waals surface area contributed by atoms with Gasteiger partial charge in [-0.25, -0.2) is 0 Å². The van der Waals surface area contributed by atoms with Crippen molar-refractivity contribution in [2.24, 2.45) is 0 Å². The van der Waals surface area contributed by atoms with Gasteiger partial charge in [0.1, 0.15) is 0 Å². The van der Waals surface area contributed by atoms with Crippen LogP contribution >= 0.6 is 0 Å². The van der Waals surface area contributed by atoms with Crippen molar-refractivity contribution in [2.75, 3.05) is 0 Å². The second-order valence-electron chi connectivity index (χ2n) is 6.28. The van der Waals surface area contributed by atoms with Crippen molar-refractivity contribution < 1.29 is 5.11 Å². The molecular weight excluding hydrogens is 351 g/mol. The van der Waals surface area contributed by atoms with Crippen molar-refractivity contribution in [1.29, 1.82) is 0 Å². The van der Waals surface area contributed by atoms with Gasteiger partial charge in [-0.15, -0.1) is 0 Å². The van der Waals surface area contributed by atoms with Gasteiger partial charge in [-0.05, 0) is 0 Å². The van der Waals surface area contributed by atoms with Crippen molar-refractivity contribution in [3.8, 4) is 9.86 Å². The van der Waals surface area contributed by atoms with Crippen LogP contribution in [0.1, 0.15) is 79.1 Å². The van der Waals surface area contributed by atoms with Gasteiger partial charge in [-0.1, -0.05) is 0 Å². The maximum atomic E-state index is 9.36. The van der Waals surface area contributed by atoms with Gasteiger partial charge in [0.2, 0.25) is 0 Å². The minimum absolute atomic E-state index is 0.198. The SMILES string of the molecule is CCC[CH2][Sn]([C]#CCCC(C)O)([CH2]CCC)[CH2]CCC. The number of aliphatic hydroxyl groups is 1. The van der Waals surface area contributed by atoms with Gasteiger partial charge in [-0.2, -0.15) is 0 Å². The van der Waals surface area contributed by atoms with E-state index in [4.69, 9.17) is 0 Å². The summed E-state index contributed by atoms with van der Waals surface area (Å²) in [4.78, 5) is 0.